The molecule has 0 saturated carbocycles. The van der Waals surface area contributed by atoms with Crippen molar-refractivity contribution in [1.82, 2.24) is 14.8 Å². The van der Waals surface area contributed by atoms with Crippen LogP contribution in [0.15, 0.2) is 47.6 Å². The molecule has 9 heteroatoms. The molecule has 0 atom stereocenters. The molecule has 3 rings (SSSR count). The van der Waals surface area contributed by atoms with Crippen LogP contribution in [0.3, 0.4) is 0 Å². The molecule has 0 aliphatic heterocycles. The Morgan fingerprint density at radius 3 is 2.48 bits per heavy atom. The number of thioether (sulfide) groups is 1. The highest BCUT2D eigenvalue weighted by Gasteiger charge is 2.16. The second-order valence-electron chi connectivity index (χ2n) is 6.85. The summed E-state index contributed by atoms with van der Waals surface area (Å²) < 4.78 is 7.29. The molecule has 31 heavy (non-hydrogen) atoms. The maximum absolute atomic E-state index is 12.6. The number of amides is 2. The van der Waals surface area contributed by atoms with Gasteiger partial charge in [-0.05, 0) is 32.0 Å². The van der Waals surface area contributed by atoms with Crippen LogP contribution in [-0.2, 0) is 16.1 Å². The van der Waals surface area contributed by atoms with Crippen LogP contribution < -0.4 is 15.4 Å². The fraction of sp³-hybridized carbons (Fsp3) is 0.273. The van der Waals surface area contributed by atoms with Gasteiger partial charge in [0.2, 0.25) is 11.8 Å². The van der Waals surface area contributed by atoms with Gasteiger partial charge < -0.3 is 19.9 Å². The van der Waals surface area contributed by atoms with Crippen molar-refractivity contribution >= 4 is 35.0 Å². The highest BCUT2D eigenvalue weighted by Crippen LogP contribution is 2.29. The summed E-state index contributed by atoms with van der Waals surface area (Å²) in [5.41, 5.74) is 3.22. The molecule has 2 aromatic carbocycles. The van der Waals surface area contributed by atoms with E-state index in [1.54, 1.807) is 18.2 Å². The van der Waals surface area contributed by atoms with Gasteiger partial charge >= 0.3 is 0 Å². The third kappa shape index (κ3) is 5.64. The molecule has 8 nitrogen and oxygen atoms in total. The maximum atomic E-state index is 12.6. The Bertz CT molecular complexity index is 1080. The highest BCUT2D eigenvalue weighted by molar-refractivity contribution is 7.99. The van der Waals surface area contributed by atoms with E-state index in [2.05, 4.69) is 20.8 Å². The average molecular weight is 440 g/mol. The van der Waals surface area contributed by atoms with Gasteiger partial charge in [0.1, 0.15) is 5.75 Å². The number of hydrogen-bond acceptors (Lipinski definition) is 6. The van der Waals surface area contributed by atoms with Gasteiger partial charge in [0.25, 0.3) is 0 Å². The van der Waals surface area contributed by atoms with Crippen LogP contribution in [0.1, 0.15) is 19.4 Å². The average Bonchev–Trinajstić information content (AvgIpc) is 3.15. The van der Waals surface area contributed by atoms with Crippen molar-refractivity contribution in [3.63, 3.8) is 0 Å². The summed E-state index contributed by atoms with van der Waals surface area (Å²) in [7, 11) is 1.52. The molecule has 2 N–H and O–H groups in total. The minimum Gasteiger partial charge on any atom is -0.495 e. The van der Waals surface area contributed by atoms with Gasteiger partial charge in [0.05, 0.1) is 18.6 Å². The Morgan fingerprint density at radius 1 is 1.10 bits per heavy atom. The smallest absolute Gasteiger partial charge is 0.234 e. The minimum atomic E-state index is -0.217. The topological polar surface area (TPSA) is 98.1 Å². The molecular formula is C22H25N5O3S. The number of hydrogen-bond donors (Lipinski definition) is 2. The number of aryl methyl sites for hydroxylation is 1. The molecule has 0 spiro atoms. The number of rotatable bonds is 8. The van der Waals surface area contributed by atoms with Crippen LogP contribution >= 0.6 is 11.8 Å². The lowest BCUT2D eigenvalue weighted by atomic mass is 10.1. The van der Waals surface area contributed by atoms with Crippen molar-refractivity contribution in [3.8, 4) is 17.1 Å². The molecule has 2 amide bonds. The van der Waals surface area contributed by atoms with Crippen molar-refractivity contribution in [2.75, 3.05) is 23.5 Å². The van der Waals surface area contributed by atoms with E-state index in [0.717, 1.165) is 11.4 Å². The highest BCUT2D eigenvalue weighted by atomic mass is 32.2. The SMILES string of the molecule is CCn1c(SCC(=O)Nc2cc(NC(C)=O)ccc2OC)nnc1-c1ccc(C)cc1. The van der Waals surface area contributed by atoms with Crippen LogP contribution in [0.5, 0.6) is 5.75 Å². The first kappa shape index (κ1) is 22.4. The third-order valence-corrected chi connectivity index (χ3v) is 5.44. The first-order valence-corrected chi connectivity index (χ1v) is 10.8. The summed E-state index contributed by atoms with van der Waals surface area (Å²) >= 11 is 1.31. The normalized spacial score (nSPS) is 10.6. The van der Waals surface area contributed by atoms with Crippen LogP contribution in [0.25, 0.3) is 11.4 Å². The maximum Gasteiger partial charge on any atom is 0.234 e. The summed E-state index contributed by atoms with van der Waals surface area (Å²) in [5, 5.41) is 14.8. The molecule has 0 unspecified atom stereocenters. The van der Waals surface area contributed by atoms with Crippen molar-refractivity contribution in [2.24, 2.45) is 0 Å². The van der Waals surface area contributed by atoms with Gasteiger partial charge in [-0.2, -0.15) is 0 Å². The monoisotopic (exact) mass is 439 g/mol. The quantitative estimate of drug-likeness (QED) is 0.516. The second-order valence-corrected chi connectivity index (χ2v) is 7.79. The first-order chi connectivity index (χ1) is 14.9. The minimum absolute atomic E-state index is 0.152. The third-order valence-electron chi connectivity index (χ3n) is 4.47. The van der Waals surface area contributed by atoms with Crippen LogP contribution in [0, 0.1) is 6.92 Å². The lowest BCUT2D eigenvalue weighted by Crippen LogP contribution is -2.16. The largest absolute Gasteiger partial charge is 0.495 e. The van der Waals surface area contributed by atoms with Crippen molar-refractivity contribution in [3.05, 3.63) is 48.0 Å². The number of carbonyl (C=O) groups is 2. The summed E-state index contributed by atoms with van der Waals surface area (Å²) in [6.45, 7) is 6.17. The predicted molar refractivity (Wildman–Crippen MR) is 123 cm³/mol. The Labute approximate surface area is 185 Å². The van der Waals surface area contributed by atoms with Crippen LogP contribution in [0.4, 0.5) is 11.4 Å². The Morgan fingerprint density at radius 2 is 1.84 bits per heavy atom. The van der Waals surface area contributed by atoms with Crippen molar-refractivity contribution < 1.29 is 14.3 Å². The molecule has 1 heterocycles. The molecule has 1 aromatic heterocycles. The lowest BCUT2D eigenvalue weighted by molar-refractivity contribution is -0.114. The zero-order valence-electron chi connectivity index (χ0n) is 17.9. The van der Waals surface area contributed by atoms with Gasteiger partial charge in [0.15, 0.2) is 11.0 Å². The van der Waals surface area contributed by atoms with Gasteiger partial charge in [-0.15, -0.1) is 10.2 Å². The molecule has 3 aromatic rings. The zero-order chi connectivity index (χ0) is 22.4. The fourth-order valence-corrected chi connectivity index (χ4v) is 3.80. The fourth-order valence-electron chi connectivity index (χ4n) is 3.00. The molecule has 0 radical (unpaired) electrons. The van der Waals surface area contributed by atoms with Gasteiger partial charge in [-0.3, -0.25) is 9.59 Å². The second kappa shape index (κ2) is 10.1. The Kier molecular flexibility index (Phi) is 7.30. The van der Waals surface area contributed by atoms with Crippen LogP contribution in [0.2, 0.25) is 0 Å². The molecular weight excluding hydrogens is 414 g/mol. The van der Waals surface area contributed by atoms with E-state index in [9.17, 15) is 9.59 Å². The first-order valence-electron chi connectivity index (χ1n) is 9.79. The van der Waals surface area contributed by atoms with Gasteiger partial charge in [0, 0.05) is 24.7 Å². The number of nitrogens with zero attached hydrogens (tertiary/aromatic N) is 3. The van der Waals surface area contributed by atoms with Gasteiger partial charge in [-0.1, -0.05) is 41.6 Å². The summed E-state index contributed by atoms with van der Waals surface area (Å²) in [6.07, 6.45) is 0. The van der Waals surface area contributed by atoms with Gasteiger partial charge in [-0.25, -0.2) is 0 Å². The lowest BCUT2D eigenvalue weighted by Gasteiger charge is -2.12. The number of anilines is 2. The van der Waals surface area contributed by atoms with E-state index < -0.39 is 0 Å². The Balaban J connectivity index is 1.70. The summed E-state index contributed by atoms with van der Waals surface area (Å²) in [5.74, 6) is 1.02. The predicted octanol–water partition coefficient (Wildman–Crippen LogP) is 3.97. The van der Waals surface area contributed by atoms with E-state index in [0.29, 0.717) is 28.8 Å². The van der Waals surface area contributed by atoms with Crippen molar-refractivity contribution in [1.29, 1.82) is 0 Å². The molecule has 0 aliphatic carbocycles. The van der Waals surface area contributed by atoms with Crippen LogP contribution in [-0.4, -0.2) is 39.4 Å². The van der Waals surface area contributed by atoms with E-state index >= 15 is 0 Å². The van der Waals surface area contributed by atoms with E-state index in [1.165, 1.54) is 31.4 Å². The number of methoxy groups -OCH3 is 1. The number of nitrogens with one attached hydrogen (secondary N) is 2. The molecule has 0 aliphatic rings. The molecule has 0 fully saturated rings. The Hall–Kier alpha value is -3.33. The molecule has 0 saturated heterocycles. The van der Waals surface area contributed by atoms with E-state index in [1.807, 2.05) is 42.7 Å². The van der Waals surface area contributed by atoms with E-state index in [-0.39, 0.29) is 17.6 Å². The zero-order valence-corrected chi connectivity index (χ0v) is 18.7. The number of carbonyl (C=O) groups excluding carboxylic acids is 2. The number of aromatic nitrogens is 3. The van der Waals surface area contributed by atoms with Crippen molar-refractivity contribution in [2.45, 2.75) is 32.5 Å². The summed E-state index contributed by atoms with van der Waals surface area (Å²) in [4.78, 5) is 23.9. The molecule has 0 bridgehead atoms. The standard InChI is InChI=1S/C22H25N5O3S/c1-5-27-21(16-8-6-14(2)7-9-16)25-26-22(27)31-13-20(29)24-18-12-17(23-15(3)28)10-11-19(18)30-4/h6-12H,5,13H2,1-4H3,(H,23,28)(H,24,29). The number of ether oxygens (including phenoxy) is 1. The summed E-state index contributed by atoms with van der Waals surface area (Å²) in [6, 6.07) is 13.2. The number of benzene rings is 2. The van der Waals surface area contributed by atoms with E-state index in [4.69, 9.17) is 4.74 Å². The molecule has 162 valence electrons.